The summed E-state index contributed by atoms with van der Waals surface area (Å²) in [4.78, 5) is 23.0. The fourth-order valence-corrected chi connectivity index (χ4v) is 2.02. The monoisotopic (exact) mass is 307 g/mol. The molecular weight excluding hydrogens is 282 g/mol. The van der Waals surface area contributed by atoms with Crippen LogP contribution in [0.25, 0.3) is 0 Å². The van der Waals surface area contributed by atoms with Crippen LogP contribution >= 0.6 is 0 Å². The van der Waals surface area contributed by atoms with Crippen LogP contribution in [0, 0.1) is 0 Å². The van der Waals surface area contributed by atoms with Gasteiger partial charge in [-0.1, -0.05) is 24.3 Å². The molecular formula is C17H25NO4. The number of carbonyl (C=O) groups excluding carboxylic acids is 2. The van der Waals surface area contributed by atoms with Crippen LogP contribution in [0.5, 0.6) is 0 Å². The first-order chi connectivity index (χ1) is 10.2. The number of carbonyl (C=O) groups is 2. The van der Waals surface area contributed by atoms with Crippen molar-refractivity contribution in [2.24, 2.45) is 0 Å². The largest absolute Gasteiger partial charge is 0.469 e. The molecule has 1 aromatic rings. The van der Waals surface area contributed by atoms with Gasteiger partial charge in [0.25, 0.3) is 0 Å². The third-order valence-corrected chi connectivity index (χ3v) is 2.87. The number of rotatable bonds is 5. The van der Waals surface area contributed by atoms with Crippen molar-refractivity contribution in [2.45, 2.75) is 52.2 Å². The lowest BCUT2D eigenvalue weighted by Crippen LogP contribution is -2.38. The Balaban J connectivity index is 2.57. The standard InChI is InChI=1S/C17H25NO4/c1-12(18-16(20)22-17(2,3)4)9-13-7-6-8-14(10-13)11-15(19)21-5/h6-8,10,12H,9,11H2,1-5H3,(H,18,20)/t12-/m1/s1. The zero-order chi connectivity index (χ0) is 16.8. The number of hydrogen-bond donors (Lipinski definition) is 1. The average Bonchev–Trinajstić information content (AvgIpc) is 2.36. The van der Waals surface area contributed by atoms with Gasteiger partial charge in [-0.25, -0.2) is 4.79 Å². The lowest BCUT2D eigenvalue weighted by atomic mass is 10.0. The second kappa shape index (κ2) is 7.82. The molecule has 0 heterocycles. The van der Waals surface area contributed by atoms with E-state index in [0.29, 0.717) is 6.42 Å². The Kier molecular flexibility index (Phi) is 6.40. The highest BCUT2D eigenvalue weighted by atomic mass is 16.6. The first kappa shape index (κ1) is 18.0. The van der Waals surface area contributed by atoms with Crippen LogP contribution in [0.2, 0.25) is 0 Å². The van der Waals surface area contributed by atoms with Gasteiger partial charge in [0.05, 0.1) is 13.5 Å². The molecule has 0 spiro atoms. The zero-order valence-corrected chi connectivity index (χ0v) is 13.9. The Bertz CT molecular complexity index is 520. The van der Waals surface area contributed by atoms with Crippen LogP contribution in [0.15, 0.2) is 24.3 Å². The van der Waals surface area contributed by atoms with Gasteiger partial charge in [0.15, 0.2) is 0 Å². The van der Waals surface area contributed by atoms with Crippen molar-refractivity contribution < 1.29 is 19.1 Å². The topological polar surface area (TPSA) is 64.6 Å². The Labute approximate surface area is 132 Å². The lowest BCUT2D eigenvalue weighted by Gasteiger charge is -2.22. The maximum Gasteiger partial charge on any atom is 0.407 e. The van der Waals surface area contributed by atoms with E-state index in [1.54, 1.807) is 0 Å². The molecule has 1 rings (SSSR count). The van der Waals surface area contributed by atoms with Gasteiger partial charge < -0.3 is 14.8 Å². The van der Waals surface area contributed by atoms with Crippen molar-refractivity contribution in [3.63, 3.8) is 0 Å². The van der Waals surface area contributed by atoms with Gasteiger partial charge in [-0.3, -0.25) is 4.79 Å². The summed E-state index contributed by atoms with van der Waals surface area (Å²) in [5.74, 6) is -0.267. The molecule has 0 saturated carbocycles. The van der Waals surface area contributed by atoms with E-state index in [9.17, 15) is 9.59 Å². The molecule has 1 N–H and O–H groups in total. The summed E-state index contributed by atoms with van der Waals surface area (Å²) in [6.45, 7) is 7.39. The van der Waals surface area contributed by atoms with Crippen LogP contribution in [-0.4, -0.2) is 30.8 Å². The van der Waals surface area contributed by atoms with Gasteiger partial charge in [0.1, 0.15) is 5.60 Å². The fourth-order valence-electron chi connectivity index (χ4n) is 2.02. The van der Waals surface area contributed by atoms with Gasteiger partial charge in [-0.2, -0.15) is 0 Å². The lowest BCUT2D eigenvalue weighted by molar-refractivity contribution is -0.139. The van der Waals surface area contributed by atoms with Crippen LogP contribution in [0.4, 0.5) is 4.79 Å². The Morgan fingerprint density at radius 1 is 1.23 bits per heavy atom. The van der Waals surface area contributed by atoms with E-state index in [0.717, 1.165) is 11.1 Å². The third-order valence-electron chi connectivity index (χ3n) is 2.87. The van der Waals surface area contributed by atoms with E-state index in [-0.39, 0.29) is 18.4 Å². The minimum Gasteiger partial charge on any atom is -0.469 e. The molecule has 1 aromatic carbocycles. The van der Waals surface area contributed by atoms with Crippen molar-refractivity contribution in [3.05, 3.63) is 35.4 Å². The van der Waals surface area contributed by atoms with E-state index in [1.807, 2.05) is 52.0 Å². The molecule has 1 amide bonds. The molecule has 5 nitrogen and oxygen atoms in total. The summed E-state index contributed by atoms with van der Waals surface area (Å²) in [5, 5.41) is 2.80. The van der Waals surface area contributed by atoms with Crippen molar-refractivity contribution in [2.75, 3.05) is 7.11 Å². The normalized spacial score (nSPS) is 12.4. The quantitative estimate of drug-likeness (QED) is 0.850. The van der Waals surface area contributed by atoms with E-state index in [1.165, 1.54) is 7.11 Å². The Morgan fingerprint density at radius 2 is 1.86 bits per heavy atom. The number of methoxy groups -OCH3 is 1. The maximum absolute atomic E-state index is 11.7. The smallest absolute Gasteiger partial charge is 0.407 e. The van der Waals surface area contributed by atoms with Crippen molar-refractivity contribution in [3.8, 4) is 0 Å². The Hall–Kier alpha value is -2.04. The predicted octanol–water partition coefficient (Wildman–Crippen LogP) is 2.86. The first-order valence-electron chi connectivity index (χ1n) is 7.34. The summed E-state index contributed by atoms with van der Waals surface area (Å²) in [7, 11) is 1.37. The van der Waals surface area contributed by atoms with Crippen molar-refractivity contribution in [1.29, 1.82) is 0 Å². The molecule has 122 valence electrons. The van der Waals surface area contributed by atoms with Gasteiger partial charge in [-0.05, 0) is 45.2 Å². The number of amides is 1. The number of ether oxygens (including phenoxy) is 2. The molecule has 0 radical (unpaired) electrons. The summed E-state index contributed by atoms with van der Waals surface area (Å²) in [6, 6.07) is 7.63. The second-order valence-corrected chi connectivity index (χ2v) is 6.32. The Morgan fingerprint density at radius 3 is 2.45 bits per heavy atom. The highest BCUT2D eigenvalue weighted by Gasteiger charge is 2.17. The second-order valence-electron chi connectivity index (χ2n) is 6.32. The van der Waals surface area contributed by atoms with Gasteiger partial charge in [0, 0.05) is 6.04 Å². The molecule has 0 saturated heterocycles. The predicted molar refractivity (Wildman–Crippen MR) is 84.7 cm³/mol. The maximum atomic E-state index is 11.7. The molecule has 0 fully saturated rings. The van der Waals surface area contributed by atoms with Gasteiger partial charge >= 0.3 is 12.1 Å². The number of alkyl carbamates (subject to hydrolysis) is 1. The first-order valence-corrected chi connectivity index (χ1v) is 7.34. The SMILES string of the molecule is COC(=O)Cc1cccc(C[C@@H](C)NC(=O)OC(C)(C)C)c1. The number of esters is 1. The summed E-state index contributed by atoms with van der Waals surface area (Å²) < 4.78 is 9.89. The van der Waals surface area contributed by atoms with E-state index in [2.05, 4.69) is 10.1 Å². The van der Waals surface area contributed by atoms with Crippen molar-refractivity contribution in [1.82, 2.24) is 5.32 Å². The summed E-state index contributed by atoms with van der Waals surface area (Å²) in [5.41, 5.74) is 1.43. The third kappa shape index (κ3) is 7.11. The highest BCUT2D eigenvalue weighted by molar-refractivity contribution is 5.72. The number of benzene rings is 1. The van der Waals surface area contributed by atoms with Crippen LogP contribution in [-0.2, 0) is 27.1 Å². The molecule has 0 bridgehead atoms. The molecule has 0 unspecified atom stereocenters. The van der Waals surface area contributed by atoms with E-state index >= 15 is 0 Å². The molecule has 0 aliphatic carbocycles. The fraction of sp³-hybridized carbons (Fsp3) is 0.529. The highest BCUT2D eigenvalue weighted by Crippen LogP contribution is 2.10. The van der Waals surface area contributed by atoms with E-state index in [4.69, 9.17) is 4.74 Å². The molecule has 1 atom stereocenters. The summed E-state index contributed by atoms with van der Waals surface area (Å²) in [6.07, 6.45) is 0.484. The van der Waals surface area contributed by atoms with Gasteiger partial charge in [-0.15, -0.1) is 0 Å². The molecule has 0 aromatic heterocycles. The average molecular weight is 307 g/mol. The summed E-state index contributed by atoms with van der Waals surface area (Å²) >= 11 is 0. The molecule has 5 heteroatoms. The number of nitrogens with one attached hydrogen (secondary N) is 1. The van der Waals surface area contributed by atoms with Crippen LogP contribution < -0.4 is 5.32 Å². The minimum absolute atomic E-state index is 0.0665. The van der Waals surface area contributed by atoms with Crippen molar-refractivity contribution >= 4 is 12.1 Å². The minimum atomic E-state index is -0.510. The molecule has 22 heavy (non-hydrogen) atoms. The van der Waals surface area contributed by atoms with Crippen LogP contribution in [0.3, 0.4) is 0 Å². The van der Waals surface area contributed by atoms with Gasteiger partial charge in [0.2, 0.25) is 0 Å². The molecule has 0 aliphatic rings. The molecule has 0 aliphatic heterocycles. The van der Waals surface area contributed by atoms with E-state index < -0.39 is 11.7 Å². The number of hydrogen-bond acceptors (Lipinski definition) is 4. The zero-order valence-electron chi connectivity index (χ0n) is 13.9. The van der Waals surface area contributed by atoms with Crippen LogP contribution in [0.1, 0.15) is 38.8 Å².